The maximum atomic E-state index is 15.3. The van der Waals surface area contributed by atoms with E-state index in [1.54, 1.807) is 7.11 Å². The molecule has 312 valence electrons. The third-order valence-electron chi connectivity index (χ3n) is 15.6. The number of nitrogens with zero attached hydrogens (tertiary/aromatic N) is 3. The summed E-state index contributed by atoms with van der Waals surface area (Å²) in [6.07, 6.45) is 5.89. The molecule has 9 rings (SSSR count). The Bertz CT molecular complexity index is 2180. The van der Waals surface area contributed by atoms with Gasteiger partial charge in [-0.3, -0.25) is 19.4 Å². The van der Waals surface area contributed by atoms with Gasteiger partial charge in [0.15, 0.2) is 5.60 Å². The highest BCUT2D eigenvalue weighted by Crippen LogP contribution is 2.67. The van der Waals surface area contributed by atoms with E-state index in [1.807, 2.05) is 56.1 Å². The number of para-hydroxylation sites is 1. The van der Waals surface area contributed by atoms with Gasteiger partial charge >= 0.3 is 5.97 Å². The fraction of sp³-hybridized carbons (Fsp3) is 0.600. The lowest BCUT2D eigenvalue weighted by Crippen LogP contribution is -2.81. The van der Waals surface area contributed by atoms with Crippen molar-refractivity contribution in [2.75, 3.05) is 72.0 Å². The van der Waals surface area contributed by atoms with Crippen LogP contribution in [0.2, 0.25) is 0 Å². The van der Waals surface area contributed by atoms with Gasteiger partial charge in [0.2, 0.25) is 0 Å². The predicted molar refractivity (Wildman–Crippen MR) is 221 cm³/mol. The van der Waals surface area contributed by atoms with E-state index in [1.165, 1.54) is 7.11 Å². The minimum atomic E-state index is -2.24. The number of carbonyl (C=O) groups excluding carboxylic acids is 2. The largest absolute Gasteiger partial charge is 0.496 e. The lowest BCUT2D eigenvalue weighted by molar-refractivity contribution is -0.203. The molecule has 0 radical (unpaired) electrons. The minimum absolute atomic E-state index is 0.0823. The molecule has 1 aromatic heterocycles. The van der Waals surface area contributed by atoms with Crippen LogP contribution in [0.1, 0.15) is 68.3 Å². The molecule has 58 heavy (non-hydrogen) atoms. The van der Waals surface area contributed by atoms with E-state index >= 15 is 4.79 Å². The Morgan fingerprint density at radius 1 is 1.05 bits per heavy atom. The van der Waals surface area contributed by atoms with Gasteiger partial charge < -0.3 is 45.7 Å². The number of rotatable bonds is 8. The van der Waals surface area contributed by atoms with Gasteiger partial charge in [0.05, 0.1) is 25.9 Å². The average molecular weight is 797 g/mol. The summed E-state index contributed by atoms with van der Waals surface area (Å²) in [6.45, 7) is 7.75. The first-order valence-corrected chi connectivity index (χ1v) is 21.2. The first-order chi connectivity index (χ1) is 27.8. The molecule has 6 heterocycles. The molecule has 5 aliphatic heterocycles. The molecule has 2 aromatic carbocycles. The number of aliphatic hydroxyl groups is 3. The molecule has 13 heteroatoms. The zero-order valence-corrected chi connectivity index (χ0v) is 34.5. The van der Waals surface area contributed by atoms with Gasteiger partial charge in [-0.1, -0.05) is 44.2 Å². The molecule has 1 aliphatic carbocycles. The van der Waals surface area contributed by atoms with E-state index < -0.39 is 51.5 Å². The van der Waals surface area contributed by atoms with E-state index in [0.29, 0.717) is 69.5 Å². The van der Waals surface area contributed by atoms with Crippen LogP contribution in [0, 0.1) is 11.3 Å². The fourth-order valence-electron chi connectivity index (χ4n) is 13.4. The van der Waals surface area contributed by atoms with Crippen LogP contribution in [-0.4, -0.2) is 138 Å². The number of benzene rings is 2. The maximum Gasteiger partial charge on any atom is 0.322 e. The summed E-state index contributed by atoms with van der Waals surface area (Å²) in [4.78, 5) is 40.3. The molecule has 3 fully saturated rings. The van der Waals surface area contributed by atoms with Crippen molar-refractivity contribution in [3.8, 4) is 5.75 Å². The summed E-state index contributed by atoms with van der Waals surface area (Å²) in [6, 6.07) is 11.1. The molecule has 1 saturated carbocycles. The van der Waals surface area contributed by atoms with Gasteiger partial charge in [-0.05, 0) is 74.2 Å². The molecule has 4 unspecified atom stereocenters. The number of aromatic nitrogens is 1. The normalized spacial score (nSPS) is 37.5. The molecule has 13 nitrogen and oxygen atoms in total. The Balaban J connectivity index is 1.35. The highest BCUT2D eigenvalue weighted by molar-refractivity contribution is 5.95. The van der Waals surface area contributed by atoms with Gasteiger partial charge in [0.25, 0.3) is 5.91 Å². The van der Waals surface area contributed by atoms with Crippen LogP contribution < -0.4 is 20.7 Å². The van der Waals surface area contributed by atoms with Gasteiger partial charge in [0, 0.05) is 97.1 Å². The number of hydrogen-bond acceptors (Lipinski definition) is 11. The number of aliphatic hydroxyl groups excluding tert-OH is 1. The summed E-state index contributed by atoms with van der Waals surface area (Å²) in [7, 11) is 4.94. The number of likely N-dealkylation sites (N-methyl/N-ethyl adjacent to an activating group) is 1. The number of esters is 1. The second kappa shape index (κ2) is 13.8. The molecule has 6 aliphatic rings. The minimum Gasteiger partial charge on any atom is -0.496 e. The second-order valence-electron chi connectivity index (χ2n) is 18.2. The number of fused-ring (bicyclic) bond motifs is 6. The molecule has 2 bridgehead atoms. The van der Waals surface area contributed by atoms with Crippen molar-refractivity contribution in [3.05, 3.63) is 70.9 Å². The number of carbonyl (C=O) groups is 2. The van der Waals surface area contributed by atoms with Crippen LogP contribution in [0.25, 0.3) is 10.9 Å². The molecular weight excluding hydrogens is 737 g/mol. The number of piperidine rings is 1. The molecule has 3 aromatic rings. The topological polar surface area (TPSA) is 177 Å². The van der Waals surface area contributed by atoms with E-state index in [4.69, 9.17) is 15.2 Å². The van der Waals surface area contributed by atoms with Crippen LogP contribution in [0.3, 0.4) is 0 Å². The number of hydrogen-bond donors (Lipinski definition) is 6. The van der Waals surface area contributed by atoms with E-state index in [9.17, 15) is 20.1 Å². The number of aromatic amines is 1. The number of amides is 1. The Labute approximate surface area is 340 Å². The molecule has 1 spiro atoms. The summed E-state index contributed by atoms with van der Waals surface area (Å²) >= 11 is 0. The van der Waals surface area contributed by atoms with Gasteiger partial charge in [-0.15, -0.1) is 0 Å². The first kappa shape index (κ1) is 39.5. The highest BCUT2D eigenvalue weighted by atomic mass is 16.5. The van der Waals surface area contributed by atoms with Crippen molar-refractivity contribution in [2.45, 2.75) is 92.6 Å². The maximum absolute atomic E-state index is 15.3. The monoisotopic (exact) mass is 796 g/mol. The van der Waals surface area contributed by atoms with Crippen molar-refractivity contribution in [3.63, 3.8) is 0 Å². The summed E-state index contributed by atoms with van der Waals surface area (Å²) in [5.74, 6) is -0.682. The third-order valence-corrected chi connectivity index (χ3v) is 15.6. The molecule has 7 N–H and O–H groups in total. The molecule has 1 amide bonds. The van der Waals surface area contributed by atoms with Crippen molar-refractivity contribution in [1.29, 1.82) is 0 Å². The van der Waals surface area contributed by atoms with Crippen molar-refractivity contribution in [1.82, 2.24) is 20.1 Å². The Kier molecular flexibility index (Phi) is 9.38. The molecular formula is C45H60N6O7. The Morgan fingerprint density at radius 2 is 1.84 bits per heavy atom. The smallest absolute Gasteiger partial charge is 0.322 e. The van der Waals surface area contributed by atoms with E-state index in [0.717, 1.165) is 46.5 Å². The fourth-order valence-corrected chi connectivity index (χ4v) is 13.4. The molecule has 2 saturated heterocycles. The number of nitrogens with one attached hydrogen (secondary N) is 2. The van der Waals surface area contributed by atoms with Crippen LogP contribution in [-0.2, 0) is 31.6 Å². The first-order valence-electron chi connectivity index (χ1n) is 21.2. The van der Waals surface area contributed by atoms with Crippen molar-refractivity contribution in [2.24, 2.45) is 17.1 Å². The van der Waals surface area contributed by atoms with Crippen molar-refractivity contribution < 1.29 is 34.4 Å². The van der Waals surface area contributed by atoms with Crippen LogP contribution in [0.4, 0.5) is 5.69 Å². The lowest BCUT2D eigenvalue weighted by atomic mass is 9.47. The zero-order valence-electron chi connectivity index (χ0n) is 34.5. The average Bonchev–Trinajstić information content (AvgIpc) is 3.89. The van der Waals surface area contributed by atoms with Gasteiger partial charge in [-0.25, -0.2) is 0 Å². The number of H-pyrrole nitrogens is 1. The van der Waals surface area contributed by atoms with Crippen LogP contribution >= 0.6 is 0 Å². The number of nitrogens with two attached hydrogens (primary N) is 1. The molecule has 10 atom stereocenters. The predicted octanol–water partition coefficient (Wildman–Crippen LogP) is 2.32. The van der Waals surface area contributed by atoms with Gasteiger partial charge in [-0.2, -0.15) is 0 Å². The van der Waals surface area contributed by atoms with Crippen LogP contribution in [0.15, 0.2) is 48.6 Å². The Morgan fingerprint density at radius 3 is 2.57 bits per heavy atom. The Hall–Kier alpha value is -3.98. The summed E-state index contributed by atoms with van der Waals surface area (Å²) in [5, 5.41) is 41.6. The SMILES string of the molecule is CCC12C=CCN3CC[C@@]4(c5cc([C@@]6(C(=O)OC)CC7CN(CCc8c6[nH]c6ccccc86)C[C@](O)(CC)C7)c(OC)cc5N(C)[C@H]4[C@@](O)(C(=O)NCCN)[C@@H]1O)C32. The summed E-state index contributed by atoms with van der Waals surface area (Å²) < 4.78 is 12.3. The number of methoxy groups -OCH3 is 2. The third kappa shape index (κ3) is 5.03. The van der Waals surface area contributed by atoms with Crippen molar-refractivity contribution >= 4 is 28.5 Å². The van der Waals surface area contributed by atoms with E-state index in [-0.39, 0.29) is 25.0 Å². The zero-order chi connectivity index (χ0) is 41.0. The standard InChI is InChI=1S/C45H60N6O7/c1-6-41(55)23-27-24-44(40(54)58-5,35-29(13-19-50(25-27)26-41)28-11-8-9-12-32(28)48-35)31-21-30-33(22-34(31)57-4)49(3)37-43(30)15-20-51-18-10-14-42(7-2,36(43)51)38(52)45(37,56)39(53)47-17-16-46/h8-12,14,21-22,27,36-38,48,52,55-56H,6-7,13,15-20,23-26,46H2,1-5H3,(H,47,53)/t27?,36?,37-,38-,41+,42?,43-,44+,45+/m1/s1. The number of anilines is 1. The van der Waals surface area contributed by atoms with Gasteiger partial charge in [0.1, 0.15) is 17.3 Å². The summed E-state index contributed by atoms with van der Waals surface area (Å²) in [5.41, 5.74) is 4.52. The quantitative estimate of drug-likeness (QED) is 0.146. The second-order valence-corrected chi connectivity index (χ2v) is 18.2. The highest BCUT2D eigenvalue weighted by Gasteiger charge is 2.78. The number of ether oxygens (including phenoxy) is 2. The lowest BCUT2D eigenvalue weighted by Gasteiger charge is -2.63. The van der Waals surface area contributed by atoms with E-state index in [2.05, 4.69) is 38.3 Å². The van der Waals surface area contributed by atoms with Crippen LogP contribution in [0.5, 0.6) is 5.75 Å².